The maximum atomic E-state index is 12.4. The molecule has 1 atom stereocenters. The molecule has 2 N–H and O–H groups in total. The Morgan fingerprint density at radius 2 is 2.07 bits per heavy atom. The summed E-state index contributed by atoms with van der Waals surface area (Å²) in [5, 5.41) is 15.9. The highest BCUT2D eigenvalue weighted by atomic mass is 32.1. The first kappa shape index (κ1) is 22.2. The quantitative estimate of drug-likeness (QED) is 0.220. The summed E-state index contributed by atoms with van der Waals surface area (Å²) in [7, 11) is 0. The Kier molecular flexibility index (Phi) is 8.01. The lowest BCUT2D eigenvalue weighted by Crippen LogP contribution is -2.60. The molecule has 0 aliphatic carbocycles. The summed E-state index contributed by atoms with van der Waals surface area (Å²) in [6, 6.07) is 4.15. The summed E-state index contributed by atoms with van der Waals surface area (Å²) in [4.78, 5) is 48.2. The highest BCUT2D eigenvalue weighted by Gasteiger charge is 2.34. The number of nitro benzene ring substituents is 1. The number of esters is 1. The molecule has 0 aromatic heterocycles. The number of rotatable bonds is 7. The molecule has 156 valence electrons. The monoisotopic (exact) mass is 422 g/mol. The molecule has 11 heteroatoms. The molecule has 0 spiro atoms. The maximum Gasteiger partial charge on any atom is 0.308 e. The maximum absolute atomic E-state index is 12.4. The molecule has 10 nitrogen and oxygen atoms in total. The van der Waals surface area contributed by atoms with Crippen LogP contribution in [0.25, 0.3) is 0 Å². The van der Waals surface area contributed by atoms with Crippen molar-refractivity contribution < 1.29 is 24.0 Å². The molecule has 2 amide bonds. The Labute approximate surface area is 172 Å². The molecule has 2 rings (SSSR count). The second kappa shape index (κ2) is 10.5. The third kappa shape index (κ3) is 6.21. The first-order valence-electron chi connectivity index (χ1n) is 9.13. The number of non-ortho nitro benzene ring substituents is 1. The highest BCUT2D eigenvalue weighted by Crippen LogP contribution is 2.14. The van der Waals surface area contributed by atoms with Crippen LogP contribution in [-0.2, 0) is 14.3 Å². The van der Waals surface area contributed by atoms with Crippen LogP contribution in [0.1, 0.15) is 36.5 Å². The van der Waals surface area contributed by atoms with E-state index in [2.05, 4.69) is 10.6 Å². The van der Waals surface area contributed by atoms with Crippen LogP contribution in [0.4, 0.5) is 5.69 Å². The number of carbonyl (C=O) groups excluding carboxylic acids is 3. The fraction of sp³-hybridized carbons (Fsp3) is 0.444. The summed E-state index contributed by atoms with van der Waals surface area (Å²) in [6.45, 7) is 2.88. The van der Waals surface area contributed by atoms with E-state index in [0.717, 1.165) is 12.8 Å². The van der Waals surface area contributed by atoms with Gasteiger partial charge in [0.25, 0.3) is 11.6 Å². The van der Waals surface area contributed by atoms with Crippen molar-refractivity contribution in [2.75, 3.05) is 19.7 Å². The van der Waals surface area contributed by atoms with Gasteiger partial charge in [0.15, 0.2) is 5.11 Å². The number of nitro groups is 1. The first-order valence-corrected chi connectivity index (χ1v) is 9.54. The highest BCUT2D eigenvalue weighted by molar-refractivity contribution is 7.80. The molecule has 29 heavy (non-hydrogen) atoms. The molecule has 0 saturated carbocycles. The smallest absolute Gasteiger partial charge is 0.308 e. The zero-order valence-electron chi connectivity index (χ0n) is 15.9. The number of thiocarbonyl (C=S) groups is 1. The van der Waals surface area contributed by atoms with Gasteiger partial charge < -0.3 is 15.0 Å². The van der Waals surface area contributed by atoms with E-state index in [0.29, 0.717) is 13.1 Å². The van der Waals surface area contributed by atoms with Gasteiger partial charge >= 0.3 is 5.97 Å². The lowest BCUT2D eigenvalue weighted by Gasteiger charge is -2.36. The van der Waals surface area contributed by atoms with Crippen LogP contribution in [-0.4, -0.2) is 58.5 Å². The second-order valence-electron chi connectivity index (χ2n) is 6.34. The van der Waals surface area contributed by atoms with Crippen LogP contribution in [0.2, 0.25) is 0 Å². The zero-order valence-corrected chi connectivity index (χ0v) is 16.7. The van der Waals surface area contributed by atoms with Crippen molar-refractivity contribution in [3.05, 3.63) is 39.9 Å². The summed E-state index contributed by atoms with van der Waals surface area (Å²) in [5.74, 6) is -1.47. The predicted molar refractivity (Wildman–Crippen MR) is 107 cm³/mol. The van der Waals surface area contributed by atoms with E-state index in [-0.39, 0.29) is 35.3 Å². The Morgan fingerprint density at radius 3 is 2.69 bits per heavy atom. The van der Waals surface area contributed by atoms with Crippen LogP contribution in [0, 0.1) is 10.1 Å². The van der Waals surface area contributed by atoms with Crippen molar-refractivity contribution >= 4 is 40.8 Å². The van der Waals surface area contributed by atoms with Gasteiger partial charge in [-0.2, -0.15) is 0 Å². The molecular formula is C18H22N4O6S. The summed E-state index contributed by atoms with van der Waals surface area (Å²) >= 11 is 5.26. The number of unbranched alkanes of at least 4 members (excludes halogenated alkanes) is 1. The molecule has 0 bridgehead atoms. The third-order valence-electron chi connectivity index (χ3n) is 4.27. The summed E-state index contributed by atoms with van der Waals surface area (Å²) in [6.07, 6.45) is 1.42. The van der Waals surface area contributed by atoms with Crippen LogP contribution >= 0.6 is 12.2 Å². The Morgan fingerprint density at radius 1 is 1.38 bits per heavy atom. The SMILES string of the molecule is CCCCOC(=O)CC1C(=O)NCCN1C(=S)NC(=O)c1ccc([N+](=O)[O-])cc1. The fourth-order valence-corrected chi connectivity index (χ4v) is 2.99. The van der Waals surface area contributed by atoms with Crippen LogP contribution in [0.3, 0.4) is 0 Å². The van der Waals surface area contributed by atoms with Gasteiger partial charge in [-0.25, -0.2) is 0 Å². The van der Waals surface area contributed by atoms with Crippen molar-refractivity contribution in [1.82, 2.24) is 15.5 Å². The standard InChI is InChI=1S/C18H22N4O6S/c1-2-3-10-28-15(23)11-14-17(25)19-8-9-21(14)18(29)20-16(24)12-4-6-13(7-5-12)22(26)27/h4-7,14H,2-3,8-11H2,1H3,(H,19,25)(H,20,24,29). The van der Waals surface area contributed by atoms with E-state index in [4.69, 9.17) is 17.0 Å². The van der Waals surface area contributed by atoms with Gasteiger partial charge in [-0.05, 0) is 30.8 Å². The first-order chi connectivity index (χ1) is 13.8. The van der Waals surface area contributed by atoms with Gasteiger partial charge in [0.05, 0.1) is 18.0 Å². The minimum Gasteiger partial charge on any atom is -0.466 e. The Bertz CT molecular complexity index is 798. The average Bonchev–Trinajstić information content (AvgIpc) is 2.69. The van der Waals surface area contributed by atoms with E-state index >= 15 is 0 Å². The molecule has 1 fully saturated rings. The minimum atomic E-state index is -0.887. The van der Waals surface area contributed by atoms with Crippen LogP contribution in [0.5, 0.6) is 0 Å². The van der Waals surface area contributed by atoms with Gasteiger partial charge in [-0.15, -0.1) is 0 Å². The number of piperazine rings is 1. The van der Waals surface area contributed by atoms with E-state index in [1.54, 1.807) is 0 Å². The fourth-order valence-electron chi connectivity index (χ4n) is 2.68. The van der Waals surface area contributed by atoms with Gasteiger partial charge in [-0.3, -0.25) is 29.8 Å². The van der Waals surface area contributed by atoms with Gasteiger partial charge in [0.2, 0.25) is 5.91 Å². The van der Waals surface area contributed by atoms with Crippen molar-refractivity contribution in [3.8, 4) is 0 Å². The van der Waals surface area contributed by atoms with Crippen molar-refractivity contribution in [2.24, 2.45) is 0 Å². The summed E-state index contributed by atoms with van der Waals surface area (Å²) < 4.78 is 5.11. The van der Waals surface area contributed by atoms with Crippen molar-refractivity contribution in [3.63, 3.8) is 0 Å². The predicted octanol–water partition coefficient (Wildman–Crippen LogP) is 1.14. The van der Waals surface area contributed by atoms with Gasteiger partial charge in [-0.1, -0.05) is 13.3 Å². The minimum absolute atomic E-state index is 0.00504. The van der Waals surface area contributed by atoms with E-state index in [9.17, 15) is 24.5 Å². The zero-order chi connectivity index (χ0) is 21.4. The number of ether oxygens (including phenoxy) is 1. The van der Waals surface area contributed by atoms with E-state index in [1.165, 1.54) is 29.2 Å². The van der Waals surface area contributed by atoms with Crippen LogP contribution < -0.4 is 10.6 Å². The number of hydrogen-bond donors (Lipinski definition) is 2. The number of nitrogens with one attached hydrogen (secondary N) is 2. The lowest BCUT2D eigenvalue weighted by molar-refractivity contribution is -0.384. The normalized spacial score (nSPS) is 16.0. The second-order valence-corrected chi connectivity index (χ2v) is 6.73. The van der Waals surface area contributed by atoms with E-state index < -0.39 is 22.8 Å². The van der Waals surface area contributed by atoms with Gasteiger partial charge in [0.1, 0.15) is 6.04 Å². The molecule has 1 unspecified atom stereocenters. The number of nitrogens with zero attached hydrogens (tertiary/aromatic N) is 2. The molecule has 1 aliphatic heterocycles. The number of hydrogen-bond acceptors (Lipinski definition) is 7. The van der Waals surface area contributed by atoms with Crippen LogP contribution in [0.15, 0.2) is 24.3 Å². The molecule has 1 aliphatic rings. The largest absolute Gasteiger partial charge is 0.466 e. The molecule has 1 aromatic rings. The molecule has 0 radical (unpaired) electrons. The molecule has 1 heterocycles. The average molecular weight is 422 g/mol. The topological polar surface area (TPSA) is 131 Å². The Balaban J connectivity index is 2.02. The number of carbonyl (C=O) groups is 3. The molecule has 1 aromatic carbocycles. The third-order valence-corrected chi connectivity index (χ3v) is 4.61. The summed E-state index contributed by atoms with van der Waals surface area (Å²) in [5.41, 5.74) is 0.0356. The van der Waals surface area contributed by atoms with E-state index in [1.807, 2.05) is 6.92 Å². The molecular weight excluding hydrogens is 400 g/mol. The Hall–Kier alpha value is -3.08. The lowest BCUT2D eigenvalue weighted by atomic mass is 10.1. The number of benzene rings is 1. The number of amides is 2. The van der Waals surface area contributed by atoms with Gasteiger partial charge in [0, 0.05) is 30.8 Å². The van der Waals surface area contributed by atoms with Crippen molar-refractivity contribution in [1.29, 1.82) is 0 Å². The molecule has 1 saturated heterocycles. The van der Waals surface area contributed by atoms with Crippen molar-refractivity contribution in [2.45, 2.75) is 32.2 Å².